The fourth-order valence-corrected chi connectivity index (χ4v) is 3.25. The maximum atomic E-state index is 12.2. The van der Waals surface area contributed by atoms with E-state index in [4.69, 9.17) is 0 Å². The molecule has 0 aliphatic heterocycles. The minimum Gasteiger partial charge on any atom is -0.209 e. The van der Waals surface area contributed by atoms with E-state index >= 15 is 0 Å². The van der Waals surface area contributed by atoms with E-state index in [2.05, 4.69) is 25.5 Å². The molecule has 1 N–H and O–H groups in total. The number of aryl methyl sites for hydroxylation is 1. The zero-order chi connectivity index (χ0) is 14.1. The van der Waals surface area contributed by atoms with Crippen LogP contribution in [0.4, 0.5) is 0 Å². The van der Waals surface area contributed by atoms with Crippen molar-refractivity contribution in [3.63, 3.8) is 0 Å². The summed E-state index contributed by atoms with van der Waals surface area (Å²) < 4.78 is 27.1. The highest BCUT2D eigenvalue weighted by atomic mass is 32.2. The van der Waals surface area contributed by atoms with E-state index in [1.54, 1.807) is 6.07 Å². The van der Waals surface area contributed by atoms with E-state index in [0.717, 1.165) is 11.1 Å². The van der Waals surface area contributed by atoms with Crippen molar-refractivity contribution in [2.24, 2.45) is 0 Å². The molecule has 0 fully saturated rings. The lowest BCUT2D eigenvalue weighted by Crippen LogP contribution is -2.31. The molecule has 3 nitrogen and oxygen atoms in total. The zero-order valence-electron chi connectivity index (χ0n) is 12.0. The average Bonchev–Trinajstić information content (AvgIpc) is 2.13. The number of sulfonamides is 1. The lowest BCUT2D eigenvalue weighted by Gasteiger charge is -2.21. The standard InChI is InChI=1S/C14H23NO2S/c1-10(2)15-18(16,17)13-9-12(14(4,5)6)8-7-11(13)3/h7-10,15H,1-6H3. The molecule has 1 aromatic carbocycles. The van der Waals surface area contributed by atoms with E-state index in [1.807, 2.05) is 32.9 Å². The molecule has 18 heavy (non-hydrogen) atoms. The van der Waals surface area contributed by atoms with Crippen LogP contribution >= 0.6 is 0 Å². The summed E-state index contributed by atoms with van der Waals surface area (Å²) in [6.45, 7) is 11.7. The first kappa shape index (κ1) is 15.2. The molecule has 0 amide bonds. The van der Waals surface area contributed by atoms with Gasteiger partial charge in [-0.25, -0.2) is 13.1 Å². The van der Waals surface area contributed by atoms with E-state index < -0.39 is 10.0 Å². The van der Waals surface area contributed by atoms with Crippen molar-refractivity contribution in [2.75, 3.05) is 0 Å². The van der Waals surface area contributed by atoms with Gasteiger partial charge in [0.05, 0.1) is 4.90 Å². The SMILES string of the molecule is Cc1ccc(C(C)(C)C)cc1S(=O)(=O)NC(C)C. The van der Waals surface area contributed by atoms with E-state index in [9.17, 15) is 8.42 Å². The summed E-state index contributed by atoms with van der Waals surface area (Å²) in [4.78, 5) is 0.378. The van der Waals surface area contributed by atoms with Crippen molar-refractivity contribution in [3.8, 4) is 0 Å². The maximum absolute atomic E-state index is 12.2. The van der Waals surface area contributed by atoms with Gasteiger partial charge in [0.2, 0.25) is 10.0 Å². The molecule has 0 radical (unpaired) electrons. The Kier molecular flexibility index (Phi) is 4.23. The molecular weight excluding hydrogens is 246 g/mol. The predicted molar refractivity (Wildman–Crippen MR) is 75.3 cm³/mol. The zero-order valence-corrected chi connectivity index (χ0v) is 12.9. The fraction of sp³-hybridized carbons (Fsp3) is 0.571. The molecule has 0 heterocycles. The summed E-state index contributed by atoms with van der Waals surface area (Å²) in [5.74, 6) is 0. The summed E-state index contributed by atoms with van der Waals surface area (Å²) in [7, 11) is -3.42. The highest BCUT2D eigenvalue weighted by Gasteiger charge is 2.21. The van der Waals surface area contributed by atoms with Crippen LogP contribution in [0.5, 0.6) is 0 Å². The molecule has 4 heteroatoms. The average molecular weight is 269 g/mol. The van der Waals surface area contributed by atoms with Crippen molar-refractivity contribution < 1.29 is 8.42 Å². The van der Waals surface area contributed by atoms with Crippen LogP contribution in [0.1, 0.15) is 45.7 Å². The molecule has 0 aliphatic carbocycles. The van der Waals surface area contributed by atoms with Crippen LogP contribution in [0.2, 0.25) is 0 Å². The van der Waals surface area contributed by atoms with Crippen LogP contribution in [0.25, 0.3) is 0 Å². The van der Waals surface area contributed by atoms with E-state index in [0.29, 0.717) is 4.90 Å². The monoisotopic (exact) mass is 269 g/mol. The first-order valence-corrected chi connectivity index (χ1v) is 7.66. The first-order chi connectivity index (χ1) is 8.04. The number of hydrogen-bond donors (Lipinski definition) is 1. The molecular formula is C14H23NO2S. The lowest BCUT2D eigenvalue weighted by molar-refractivity contribution is 0.566. The molecule has 0 aliphatic rings. The second kappa shape index (κ2) is 5.02. The Bertz CT molecular complexity index is 525. The van der Waals surface area contributed by atoms with Crippen LogP contribution in [0.15, 0.2) is 23.1 Å². The molecule has 0 saturated heterocycles. The van der Waals surface area contributed by atoms with E-state index in [-0.39, 0.29) is 11.5 Å². The van der Waals surface area contributed by atoms with Crippen LogP contribution in [0.3, 0.4) is 0 Å². The maximum Gasteiger partial charge on any atom is 0.241 e. The lowest BCUT2D eigenvalue weighted by atomic mass is 9.87. The molecule has 0 saturated carbocycles. The molecule has 0 aromatic heterocycles. The Morgan fingerprint density at radius 3 is 2.17 bits per heavy atom. The highest BCUT2D eigenvalue weighted by molar-refractivity contribution is 7.89. The van der Waals surface area contributed by atoms with Gasteiger partial charge in [0.25, 0.3) is 0 Å². The van der Waals surface area contributed by atoms with Crippen molar-refractivity contribution >= 4 is 10.0 Å². The van der Waals surface area contributed by atoms with Crippen molar-refractivity contribution in [1.82, 2.24) is 4.72 Å². The molecule has 1 rings (SSSR count). The van der Waals surface area contributed by atoms with Gasteiger partial charge in [-0.2, -0.15) is 0 Å². The van der Waals surface area contributed by atoms with Crippen molar-refractivity contribution in [2.45, 2.75) is 57.9 Å². The van der Waals surface area contributed by atoms with Gasteiger partial charge in [-0.3, -0.25) is 0 Å². The van der Waals surface area contributed by atoms with Crippen LogP contribution in [-0.2, 0) is 15.4 Å². The summed E-state index contributed by atoms with van der Waals surface area (Å²) in [5, 5.41) is 0. The third-order valence-corrected chi connectivity index (χ3v) is 4.54. The fourth-order valence-electron chi connectivity index (χ4n) is 1.73. The first-order valence-electron chi connectivity index (χ1n) is 6.17. The smallest absolute Gasteiger partial charge is 0.209 e. The molecule has 0 spiro atoms. The Morgan fingerprint density at radius 1 is 1.17 bits per heavy atom. The number of nitrogens with one attached hydrogen (secondary N) is 1. The summed E-state index contributed by atoms with van der Waals surface area (Å²) >= 11 is 0. The Balaban J connectivity index is 3.33. The number of benzene rings is 1. The number of hydrogen-bond acceptors (Lipinski definition) is 2. The van der Waals surface area contributed by atoms with Gasteiger partial charge in [0, 0.05) is 6.04 Å². The Hall–Kier alpha value is -0.870. The van der Waals surface area contributed by atoms with Gasteiger partial charge in [-0.15, -0.1) is 0 Å². The van der Waals surface area contributed by atoms with E-state index in [1.165, 1.54) is 0 Å². The normalized spacial score (nSPS) is 13.1. The van der Waals surface area contributed by atoms with Crippen molar-refractivity contribution in [3.05, 3.63) is 29.3 Å². The molecule has 102 valence electrons. The van der Waals surface area contributed by atoms with Gasteiger partial charge in [-0.1, -0.05) is 32.9 Å². The van der Waals surface area contributed by atoms with Gasteiger partial charge in [-0.05, 0) is 43.4 Å². The highest BCUT2D eigenvalue weighted by Crippen LogP contribution is 2.26. The Morgan fingerprint density at radius 2 is 1.72 bits per heavy atom. The van der Waals surface area contributed by atoms with Gasteiger partial charge < -0.3 is 0 Å². The predicted octanol–water partition coefficient (Wildman–Crippen LogP) is 2.98. The summed E-state index contributed by atoms with van der Waals surface area (Å²) in [6, 6.07) is 5.53. The minimum atomic E-state index is -3.42. The molecule has 0 unspecified atom stereocenters. The van der Waals surface area contributed by atoms with Crippen LogP contribution in [0, 0.1) is 6.92 Å². The number of rotatable bonds is 3. The topological polar surface area (TPSA) is 46.2 Å². The molecule has 0 atom stereocenters. The minimum absolute atomic E-state index is 0.0597. The quantitative estimate of drug-likeness (QED) is 0.917. The van der Waals surface area contributed by atoms with Crippen LogP contribution < -0.4 is 4.72 Å². The third kappa shape index (κ3) is 3.56. The summed E-state index contributed by atoms with van der Waals surface area (Å²) in [6.07, 6.45) is 0. The largest absolute Gasteiger partial charge is 0.241 e. The summed E-state index contributed by atoms with van der Waals surface area (Å²) in [5.41, 5.74) is 1.74. The van der Waals surface area contributed by atoms with Gasteiger partial charge in [0.1, 0.15) is 0 Å². The second-order valence-electron chi connectivity index (χ2n) is 6.01. The Labute approximate surface area is 111 Å². The van der Waals surface area contributed by atoms with Gasteiger partial charge in [0.15, 0.2) is 0 Å². The third-order valence-electron chi connectivity index (χ3n) is 2.73. The molecule has 1 aromatic rings. The molecule has 0 bridgehead atoms. The van der Waals surface area contributed by atoms with Crippen molar-refractivity contribution in [1.29, 1.82) is 0 Å². The van der Waals surface area contributed by atoms with Gasteiger partial charge >= 0.3 is 0 Å². The second-order valence-corrected chi connectivity index (χ2v) is 7.69. The van der Waals surface area contributed by atoms with Crippen LogP contribution in [-0.4, -0.2) is 14.5 Å².